The maximum absolute atomic E-state index is 13.0. The minimum absolute atomic E-state index is 0.0322. The monoisotopic (exact) mass is 459 g/mol. The van der Waals surface area contributed by atoms with Gasteiger partial charge in [0.05, 0.1) is 34.4 Å². The summed E-state index contributed by atoms with van der Waals surface area (Å²) in [5.74, 6) is -1.83. The van der Waals surface area contributed by atoms with Crippen LogP contribution in [0.4, 0.5) is 16.2 Å². The molecule has 0 spiro atoms. The number of aromatic carboxylic acids is 1. The minimum Gasteiger partial charge on any atom is -0.478 e. The molecule has 10 nitrogen and oxygen atoms in total. The summed E-state index contributed by atoms with van der Waals surface area (Å²) in [6.45, 7) is 3.23. The Kier molecular flexibility index (Phi) is 6.45. The van der Waals surface area contributed by atoms with E-state index in [1.807, 2.05) is 0 Å². The van der Waals surface area contributed by atoms with Gasteiger partial charge in [0.2, 0.25) is 0 Å². The number of carbonyl (C=O) groups is 3. The van der Waals surface area contributed by atoms with Crippen LogP contribution in [0.2, 0.25) is 5.02 Å². The van der Waals surface area contributed by atoms with Gasteiger partial charge in [-0.3, -0.25) is 15.0 Å². The van der Waals surface area contributed by atoms with E-state index in [1.165, 1.54) is 54.3 Å². The summed E-state index contributed by atoms with van der Waals surface area (Å²) in [4.78, 5) is 48.7. The van der Waals surface area contributed by atoms with Crippen LogP contribution < -0.4 is 10.2 Å². The summed E-state index contributed by atoms with van der Waals surface area (Å²) in [5.41, 5.74) is 0.573. The lowest BCUT2D eigenvalue weighted by Crippen LogP contribution is -2.48. The van der Waals surface area contributed by atoms with Crippen molar-refractivity contribution in [2.24, 2.45) is 0 Å². The van der Waals surface area contributed by atoms with Crippen molar-refractivity contribution in [1.82, 2.24) is 5.32 Å². The van der Waals surface area contributed by atoms with E-state index in [4.69, 9.17) is 21.4 Å². The van der Waals surface area contributed by atoms with Crippen LogP contribution in [0.5, 0.6) is 0 Å². The predicted molar refractivity (Wildman–Crippen MR) is 115 cm³/mol. The molecule has 166 valence electrons. The number of amides is 2. The molecule has 0 bridgehead atoms. The van der Waals surface area contributed by atoms with Crippen LogP contribution in [0.15, 0.2) is 53.7 Å². The van der Waals surface area contributed by atoms with Crippen LogP contribution in [-0.2, 0) is 9.53 Å². The number of anilines is 1. The van der Waals surface area contributed by atoms with E-state index in [9.17, 15) is 24.5 Å². The number of urea groups is 1. The maximum Gasteiger partial charge on any atom is 0.338 e. The first kappa shape index (κ1) is 22.8. The molecule has 1 aliphatic heterocycles. The number of nitro groups is 1. The molecule has 0 saturated heterocycles. The molecule has 2 aromatic carbocycles. The quantitative estimate of drug-likeness (QED) is 0.377. The largest absolute Gasteiger partial charge is 0.478 e. The molecule has 32 heavy (non-hydrogen) atoms. The van der Waals surface area contributed by atoms with Crippen molar-refractivity contribution in [3.63, 3.8) is 0 Å². The van der Waals surface area contributed by atoms with Crippen LogP contribution in [0, 0.1) is 10.1 Å². The third kappa shape index (κ3) is 4.26. The van der Waals surface area contributed by atoms with Crippen molar-refractivity contribution in [3.8, 4) is 0 Å². The number of esters is 1. The van der Waals surface area contributed by atoms with Crippen molar-refractivity contribution in [2.45, 2.75) is 19.9 Å². The van der Waals surface area contributed by atoms with Crippen LogP contribution in [0.25, 0.3) is 0 Å². The summed E-state index contributed by atoms with van der Waals surface area (Å²) >= 11 is 5.89. The van der Waals surface area contributed by atoms with Gasteiger partial charge in [0.25, 0.3) is 5.69 Å². The number of hydrogen-bond acceptors (Lipinski definition) is 6. The first-order chi connectivity index (χ1) is 15.1. The fraction of sp³-hybridized carbons (Fsp3) is 0.190. The topological polar surface area (TPSA) is 139 Å². The molecular formula is C21H18ClN3O7. The predicted octanol–water partition coefficient (Wildman–Crippen LogP) is 4.05. The summed E-state index contributed by atoms with van der Waals surface area (Å²) in [7, 11) is 0. The molecule has 2 amide bonds. The van der Waals surface area contributed by atoms with Gasteiger partial charge in [-0.05, 0) is 49.7 Å². The van der Waals surface area contributed by atoms with Crippen molar-refractivity contribution in [3.05, 3.63) is 80.0 Å². The number of benzene rings is 2. The van der Waals surface area contributed by atoms with Gasteiger partial charge in [0.15, 0.2) is 0 Å². The number of carboxylic acids is 1. The number of halogens is 1. The zero-order valence-corrected chi connectivity index (χ0v) is 17.8. The smallest absolute Gasteiger partial charge is 0.338 e. The second kappa shape index (κ2) is 9.06. The van der Waals surface area contributed by atoms with Gasteiger partial charge in [-0.1, -0.05) is 17.7 Å². The van der Waals surface area contributed by atoms with E-state index in [0.29, 0.717) is 5.69 Å². The molecular weight excluding hydrogens is 442 g/mol. The third-order valence-corrected chi connectivity index (χ3v) is 5.17. The van der Waals surface area contributed by atoms with Gasteiger partial charge in [-0.15, -0.1) is 0 Å². The fourth-order valence-electron chi connectivity index (χ4n) is 3.38. The first-order valence-corrected chi connectivity index (χ1v) is 9.79. The number of nitrogens with one attached hydrogen (secondary N) is 1. The highest BCUT2D eigenvalue weighted by Gasteiger charge is 2.38. The van der Waals surface area contributed by atoms with Crippen molar-refractivity contribution in [2.75, 3.05) is 11.5 Å². The molecule has 0 aromatic heterocycles. The molecule has 1 unspecified atom stereocenters. The molecule has 1 atom stereocenters. The molecule has 2 N–H and O–H groups in total. The SMILES string of the molecule is CCOC(=O)C1=C(C)N(c2ccc(C(=O)O)cc2)C(=O)NC1c1ccc(Cl)c([N+](=O)[O-])c1. The Hall–Kier alpha value is -3.92. The van der Waals surface area contributed by atoms with Gasteiger partial charge < -0.3 is 15.2 Å². The van der Waals surface area contributed by atoms with Gasteiger partial charge in [-0.2, -0.15) is 0 Å². The lowest BCUT2D eigenvalue weighted by Gasteiger charge is -2.35. The van der Waals surface area contributed by atoms with E-state index in [-0.39, 0.29) is 39.7 Å². The number of rotatable bonds is 6. The number of carboxylic acid groups (broad SMARTS) is 1. The highest BCUT2D eigenvalue weighted by Crippen LogP contribution is 2.36. The Morgan fingerprint density at radius 1 is 1.25 bits per heavy atom. The van der Waals surface area contributed by atoms with E-state index in [0.717, 1.165) is 0 Å². The van der Waals surface area contributed by atoms with Crippen molar-refractivity contribution >= 4 is 40.9 Å². The highest BCUT2D eigenvalue weighted by atomic mass is 35.5. The first-order valence-electron chi connectivity index (χ1n) is 9.41. The lowest BCUT2D eigenvalue weighted by atomic mass is 9.94. The standard InChI is InChI=1S/C21H18ClN3O7/c1-3-32-20(28)17-11(2)24(14-7-4-12(5-8-14)19(26)27)21(29)23-18(17)13-6-9-15(22)16(10-13)25(30)31/h4-10,18H,3H2,1-2H3,(H,23,29)(H,26,27). The number of ether oxygens (including phenoxy) is 1. The fourth-order valence-corrected chi connectivity index (χ4v) is 3.57. The van der Waals surface area contributed by atoms with Gasteiger partial charge in [0.1, 0.15) is 5.02 Å². The van der Waals surface area contributed by atoms with Gasteiger partial charge in [0, 0.05) is 11.8 Å². The number of hydrogen-bond donors (Lipinski definition) is 2. The number of nitro benzene ring substituents is 1. The summed E-state index contributed by atoms with van der Waals surface area (Å²) in [6, 6.07) is 7.88. The summed E-state index contributed by atoms with van der Waals surface area (Å²) < 4.78 is 5.16. The molecule has 0 radical (unpaired) electrons. The molecule has 1 heterocycles. The Balaban J connectivity index is 2.14. The number of nitrogens with zero attached hydrogens (tertiary/aromatic N) is 2. The summed E-state index contributed by atoms with van der Waals surface area (Å²) in [5, 5.41) is 23.0. The Morgan fingerprint density at radius 3 is 2.47 bits per heavy atom. The zero-order valence-electron chi connectivity index (χ0n) is 17.0. The van der Waals surface area contributed by atoms with Crippen LogP contribution in [0.1, 0.15) is 35.8 Å². The van der Waals surface area contributed by atoms with Gasteiger partial charge >= 0.3 is 18.0 Å². The minimum atomic E-state index is -1.12. The molecule has 1 aliphatic rings. The lowest BCUT2D eigenvalue weighted by molar-refractivity contribution is -0.384. The van der Waals surface area contributed by atoms with Crippen LogP contribution in [0.3, 0.4) is 0 Å². The van der Waals surface area contributed by atoms with Crippen molar-refractivity contribution in [1.29, 1.82) is 0 Å². The molecule has 2 aromatic rings. The van der Waals surface area contributed by atoms with Crippen LogP contribution in [-0.4, -0.2) is 34.6 Å². The Bertz CT molecular complexity index is 1140. The summed E-state index contributed by atoms with van der Waals surface area (Å²) in [6.07, 6.45) is 0. The van der Waals surface area contributed by atoms with Crippen LogP contribution >= 0.6 is 11.6 Å². The average molecular weight is 460 g/mol. The highest BCUT2D eigenvalue weighted by molar-refractivity contribution is 6.32. The van der Waals surface area contributed by atoms with E-state index in [1.54, 1.807) is 6.92 Å². The van der Waals surface area contributed by atoms with E-state index >= 15 is 0 Å². The van der Waals surface area contributed by atoms with E-state index < -0.39 is 28.9 Å². The molecule has 11 heteroatoms. The number of carbonyl (C=O) groups excluding carboxylic acids is 2. The van der Waals surface area contributed by atoms with E-state index in [2.05, 4.69) is 5.32 Å². The molecule has 0 fully saturated rings. The second-order valence-electron chi connectivity index (χ2n) is 6.76. The average Bonchev–Trinajstić information content (AvgIpc) is 2.74. The Labute approximate surface area is 187 Å². The molecule has 0 aliphatic carbocycles. The van der Waals surface area contributed by atoms with Crippen molar-refractivity contribution < 1.29 is 29.2 Å². The van der Waals surface area contributed by atoms with Gasteiger partial charge in [-0.25, -0.2) is 14.4 Å². The Morgan fingerprint density at radius 2 is 1.91 bits per heavy atom. The molecule has 3 rings (SSSR count). The zero-order chi connectivity index (χ0) is 23.6. The normalized spacial score (nSPS) is 15.9. The second-order valence-corrected chi connectivity index (χ2v) is 7.16. The maximum atomic E-state index is 13.0. The number of allylic oxidation sites excluding steroid dienone is 1. The third-order valence-electron chi connectivity index (χ3n) is 4.85. The molecule has 0 saturated carbocycles.